The van der Waals surface area contributed by atoms with Crippen molar-refractivity contribution < 1.29 is 48.2 Å². The van der Waals surface area contributed by atoms with Crippen LogP contribution in [-0.4, -0.2) is 57.5 Å². The highest BCUT2D eigenvalue weighted by atomic mass is 16.7. The summed E-state index contributed by atoms with van der Waals surface area (Å²) >= 11 is 0. The van der Waals surface area contributed by atoms with Crippen molar-refractivity contribution in [3.63, 3.8) is 0 Å². The molecular weight excluding hydrogens is 508 g/mol. The van der Waals surface area contributed by atoms with E-state index in [1.165, 1.54) is 28.4 Å². The van der Waals surface area contributed by atoms with E-state index in [1.54, 1.807) is 24.3 Å². The monoisotopic (exact) mass is 536 g/mol. The first-order valence-electron chi connectivity index (χ1n) is 12.3. The minimum absolute atomic E-state index is 0.0478. The molecule has 3 aromatic carbocycles. The lowest BCUT2D eigenvalue weighted by Gasteiger charge is -2.41. The quantitative estimate of drug-likeness (QED) is 0.455. The van der Waals surface area contributed by atoms with Crippen LogP contribution in [0.15, 0.2) is 54.6 Å². The smallest absolute Gasteiger partial charge is 0.312 e. The van der Waals surface area contributed by atoms with Crippen molar-refractivity contribution in [2.75, 3.05) is 35.2 Å². The van der Waals surface area contributed by atoms with Crippen molar-refractivity contribution in [1.29, 1.82) is 0 Å². The number of aliphatic hydroxyl groups is 2. The van der Waals surface area contributed by atoms with Crippen molar-refractivity contribution in [2.45, 2.75) is 23.2 Å². The second kappa shape index (κ2) is 8.96. The molecule has 39 heavy (non-hydrogen) atoms. The molecule has 1 saturated carbocycles. The molecule has 10 heteroatoms. The molecule has 10 nitrogen and oxygen atoms in total. The Hall–Kier alpha value is -4.15. The van der Waals surface area contributed by atoms with E-state index in [9.17, 15) is 15.0 Å². The Kier molecular flexibility index (Phi) is 5.78. The maximum Gasteiger partial charge on any atom is 0.312 e. The SMILES string of the molecule is COC(=O)[C@H]1[C@@H](O)[C@@]2(O)c3c(cc4c(c3OC)OCO4)O[C@@]2(c2ccc(OC)c(OC)c2)[C@@H]1c1ccccc1. The van der Waals surface area contributed by atoms with E-state index < -0.39 is 35.1 Å². The number of methoxy groups -OCH3 is 4. The number of hydrogen-bond acceptors (Lipinski definition) is 10. The lowest BCUT2D eigenvalue weighted by atomic mass is 9.70. The standard InChI is InChI=1S/C29H28O10/c1-33-17-11-10-16(12-18(17)34-2)29-22(15-8-6-5-7-9-15)21(27(31)36-4)26(30)28(29,32)23-19(39-29)13-20-24(25(23)35-3)38-14-37-20/h5-13,21-22,26,30,32H,14H2,1-4H3/t21-,22-,26-,28+,29+/m1/s1. The fourth-order valence-electron chi connectivity index (χ4n) is 6.46. The maximum atomic E-state index is 13.4. The van der Waals surface area contributed by atoms with E-state index in [1.807, 2.05) is 30.3 Å². The molecular formula is C29H28O10. The minimum atomic E-state index is -2.21. The minimum Gasteiger partial charge on any atom is -0.493 e. The molecule has 1 aliphatic carbocycles. The number of fused-ring (bicyclic) bond motifs is 4. The molecule has 0 saturated heterocycles. The highest BCUT2D eigenvalue weighted by Crippen LogP contribution is 2.72. The van der Waals surface area contributed by atoms with Crippen molar-refractivity contribution >= 4 is 5.97 Å². The summed E-state index contributed by atoms with van der Waals surface area (Å²) in [6.45, 7) is -0.0478. The summed E-state index contributed by atoms with van der Waals surface area (Å²) in [5, 5.41) is 24.9. The molecule has 1 fully saturated rings. The molecule has 0 unspecified atom stereocenters. The van der Waals surface area contributed by atoms with Crippen molar-refractivity contribution in [1.82, 2.24) is 0 Å². The summed E-state index contributed by atoms with van der Waals surface area (Å²) < 4.78 is 40.0. The van der Waals surface area contributed by atoms with Crippen LogP contribution in [0.2, 0.25) is 0 Å². The molecule has 2 heterocycles. The van der Waals surface area contributed by atoms with Gasteiger partial charge in [0.25, 0.3) is 0 Å². The summed E-state index contributed by atoms with van der Waals surface area (Å²) in [4.78, 5) is 13.4. The molecule has 0 bridgehead atoms. The average molecular weight is 537 g/mol. The van der Waals surface area contributed by atoms with Crippen molar-refractivity contribution in [3.8, 4) is 34.5 Å². The van der Waals surface area contributed by atoms with Crippen LogP contribution in [0.3, 0.4) is 0 Å². The third-order valence-corrected chi connectivity index (χ3v) is 8.02. The van der Waals surface area contributed by atoms with Crippen molar-refractivity contribution in [3.05, 3.63) is 71.3 Å². The van der Waals surface area contributed by atoms with Gasteiger partial charge in [-0.15, -0.1) is 0 Å². The van der Waals surface area contributed by atoms with E-state index in [4.69, 9.17) is 33.2 Å². The third-order valence-electron chi connectivity index (χ3n) is 8.02. The average Bonchev–Trinajstić information content (AvgIpc) is 3.60. The van der Waals surface area contributed by atoms with Crippen LogP contribution in [0.25, 0.3) is 0 Å². The number of aliphatic hydroxyl groups excluding tert-OH is 1. The van der Waals surface area contributed by atoms with Gasteiger partial charge < -0.3 is 43.4 Å². The Balaban J connectivity index is 1.72. The number of hydrogen-bond donors (Lipinski definition) is 2. The Bertz CT molecular complexity index is 1440. The van der Waals surface area contributed by atoms with Crippen LogP contribution in [0.5, 0.6) is 34.5 Å². The molecule has 2 aliphatic heterocycles. The topological polar surface area (TPSA) is 122 Å². The molecule has 0 amide bonds. The van der Waals surface area contributed by atoms with Gasteiger partial charge in [0, 0.05) is 17.5 Å². The van der Waals surface area contributed by atoms with Gasteiger partial charge in [-0.25, -0.2) is 0 Å². The Morgan fingerprint density at radius 1 is 0.923 bits per heavy atom. The predicted molar refractivity (Wildman–Crippen MR) is 136 cm³/mol. The normalized spacial score (nSPS) is 27.8. The summed E-state index contributed by atoms with van der Waals surface area (Å²) in [6.07, 6.45) is -1.68. The summed E-state index contributed by atoms with van der Waals surface area (Å²) in [5.41, 5.74) is -2.75. The zero-order valence-electron chi connectivity index (χ0n) is 21.8. The Morgan fingerprint density at radius 3 is 2.33 bits per heavy atom. The highest BCUT2D eigenvalue weighted by Gasteiger charge is 2.78. The number of ether oxygens (including phenoxy) is 7. The van der Waals surface area contributed by atoms with Crippen LogP contribution in [0.1, 0.15) is 22.6 Å². The summed E-state index contributed by atoms with van der Waals surface area (Å²) in [7, 11) is 5.67. The first-order valence-corrected chi connectivity index (χ1v) is 12.3. The number of carbonyl (C=O) groups excluding carboxylic acids is 1. The van der Waals surface area contributed by atoms with E-state index in [2.05, 4.69) is 0 Å². The lowest BCUT2D eigenvalue weighted by molar-refractivity contribution is -0.161. The molecule has 3 aliphatic rings. The molecule has 2 N–H and O–H groups in total. The molecule has 0 spiro atoms. The largest absolute Gasteiger partial charge is 0.493 e. The first-order chi connectivity index (χ1) is 18.9. The second-order valence-corrected chi connectivity index (χ2v) is 9.57. The van der Waals surface area contributed by atoms with Gasteiger partial charge >= 0.3 is 5.97 Å². The number of benzene rings is 3. The molecule has 204 valence electrons. The fourth-order valence-corrected chi connectivity index (χ4v) is 6.46. The zero-order valence-corrected chi connectivity index (χ0v) is 21.8. The van der Waals surface area contributed by atoms with Crippen LogP contribution >= 0.6 is 0 Å². The van der Waals surface area contributed by atoms with Gasteiger partial charge in [-0.2, -0.15) is 0 Å². The van der Waals surface area contributed by atoms with Gasteiger partial charge in [0.1, 0.15) is 11.9 Å². The van der Waals surface area contributed by atoms with Crippen LogP contribution in [0.4, 0.5) is 0 Å². The Labute approximate surface area is 224 Å². The zero-order chi connectivity index (χ0) is 27.5. The van der Waals surface area contributed by atoms with E-state index >= 15 is 0 Å². The molecule has 0 aromatic heterocycles. The van der Waals surface area contributed by atoms with Gasteiger partial charge in [0.05, 0.1) is 39.9 Å². The van der Waals surface area contributed by atoms with E-state index in [0.717, 1.165) is 0 Å². The number of rotatable bonds is 6. The summed E-state index contributed by atoms with van der Waals surface area (Å²) in [5.74, 6) is -1.03. The van der Waals surface area contributed by atoms with Gasteiger partial charge in [-0.05, 0) is 17.7 Å². The molecule has 3 aromatic rings. The number of esters is 1. The lowest BCUT2D eigenvalue weighted by Crippen LogP contribution is -2.52. The van der Waals surface area contributed by atoms with E-state index in [-0.39, 0.29) is 29.6 Å². The fraction of sp³-hybridized carbons (Fsp3) is 0.345. The van der Waals surface area contributed by atoms with Crippen molar-refractivity contribution in [2.24, 2.45) is 5.92 Å². The molecule has 0 radical (unpaired) electrons. The van der Waals surface area contributed by atoms with Gasteiger partial charge in [-0.3, -0.25) is 4.79 Å². The van der Waals surface area contributed by atoms with Gasteiger partial charge in [-0.1, -0.05) is 36.4 Å². The highest BCUT2D eigenvalue weighted by molar-refractivity contribution is 5.79. The van der Waals surface area contributed by atoms with Crippen LogP contribution in [0, 0.1) is 5.92 Å². The first kappa shape index (κ1) is 25.1. The predicted octanol–water partition coefficient (Wildman–Crippen LogP) is 2.86. The maximum absolute atomic E-state index is 13.4. The number of carbonyl (C=O) groups is 1. The third kappa shape index (κ3) is 3.12. The van der Waals surface area contributed by atoms with Crippen LogP contribution in [-0.2, 0) is 20.7 Å². The Morgan fingerprint density at radius 2 is 1.67 bits per heavy atom. The molecule has 6 rings (SSSR count). The van der Waals surface area contributed by atoms with Gasteiger partial charge in [0.15, 0.2) is 34.2 Å². The van der Waals surface area contributed by atoms with Crippen LogP contribution < -0.4 is 28.4 Å². The van der Waals surface area contributed by atoms with Gasteiger partial charge in [0.2, 0.25) is 12.5 Å². The molecule has 5 atom stereocenters. The summed E-state index contributed by atoms with van der Waals surface area (Å²) in [6, 6.07) is 15.8. The second-order valence-electron chi connectivity index (χ2n) is 9.57. The van der Waals surface area contributed by atoms with E-state index in [0.29, 0.717) is 28.4 Å².